The molecular formula is C25H27N3O2S. The van der Waals surface area contributed by atoms with E-state index < -0.39 is 0 Å². The Kier molecular flexibility index (Phi) is 5.64. The summed E-state index contributed by atoms with van der Waals surface area (Å²) in [6.45, 7) is 2.18. The number of ether oxygens (including phenoxy) is 1. The molecule has 160 valence electrons. The molecule has 31 heavy (non-hydrogen) atoms. The summed E-state index contributed by atoms with van der Waals surface area (Å²) in [7, 11) is 0. The highest BCUT2D eigenvalue weighted by Crippen LogP contribution is 2.36. The van der Waals surface area contributed by atoms with E-state index >= 15 is 0 Å². The SMILES string of the molecule is Cc1ccccc1N=c1scc(-c2ccc3c(c2)NC(=O)CO3)n1C1CCCCCC1. The second-order valence-electron chi connectivity index (χ2n) is 8.36. The average Bonchev–Trinajstić information content (AvgIpc) is 3.00. The minimum absolute atomic E-state index is 0.0757. The van der Waals surface area contributed by atoms with Gasteiger partial charge in [0, 0.05) is 17.0 Å². The van der Waals surface area contributed by atoms with Crippen LogP contribution in [0.25, 0.3) is 11.3 Å². The lowest BCUT2D eigenvalue weighted by Crippen LogP contribution is -2.25. The van der Waals surface area contributed by atoms with E-state index in [1.54, 1.807) is 11.3 Å². The molecule has 0 unspecified atom stereocenters. The Hall–Kier alpha value is -2.86. The second kappa shape index (κ2) is 8.71. The van der Waals surface area contributed by atoms with E-state index in [-0.39, 0.29) is 12.5 Å². The first-order valence-corrected chi connectivity index (χ1v) is 11.9. The molecule has 1 aliphatic carbocycles. The third kappa shape index (κ3) is 4.17. The van der Waals surface area contributed by atoms with Gasteiger partial charge in [-0.2, -0.15) is 0 Å². The van der Waals surface area contributed by atoms with Crippen LogP contribution >= 0.6 is 11.3 Å². The van der Waals surface area contributed by atoms with Crippen molar-refractivity contribution < 1.29 is 9.53 Å². The van der Waals surface area contributed by atoms with Crippen LogP contribution in [0.4, 0.5) is 11.4 Å². The van der Waals surface area contributed by atoms with Crippen molar-refractivity contribution in [1.29, 1.82) is 0 Å². The maximum atomic E-state index is 11.8. The zero-order valence-corrected chi connectivity index (χ0v) is 18.6. The zero-order chi connectivity index (χ0) is 21.2. The van der Waals surface area contributed by atoms with Crippen LogP contribution in [0.15, 0.2) is 52.8 Å². The van der Waals surface area contributed by atoms with Crippen molar-refractivity contribution in [1.82, 2.24) is 4.57 Å². The molecule has 1 saturated carbocycles. The van der Waals surface area contributed by atoms with Gasteiger partial charge in [0.1, 0.15) is 5.75 Å². The minimum Gasteiger partial charge on any atom is -0.482 e. The molecule has 1 fully saturated rings. The fourth-order valence-electron chi connectivity index (χ4n) is 4.52. The van der Waals surface area contributed by atoms with Gasteiger partial charge in [-0.3, -0.25) is 4.79 Å². The molecule has 0 saturated heterocycles. The predicted octanol–water partition coefficient (Wildman–Crippen LogP) is 5.98. The summed E-state index contributed by atoms with van der Waals surface area (Å²) in [6.07, 6.45) is 7.48. The number of nitrogens with one attached hydrogen (secondary N) is 1. The number of anilines is 1. The van der Waals surface area contributed by atoms with E-state index in [9.17, 15) is 4.79 Å². The van der Waals surface area contributed by atoms with Gasteiger partial charge >= 0.3 is 0 Å². The van der Waals surface area contributed by atoms with Crippen molar-refractivity contribution in [2.45, 2.75) is 51.5 Å². The summed E-state index contributed by atoms with van der Waals surface area (Å²) in [6, 6.07) is 14.8. The van der Waals surface area contributed by atoms with Gasteiger partial charge in [0.05, 0.1) is 17.1 Å². The molecule has 3 aromatic rings. The molecule has 1 aromatic heterocycles. The van der Waals surface area contributed by atoms with Crippen LogP contribution in [0.1, 0.15) is 50.1 Å². The van der Waals surface area contributed by atoms with E-state index in [4.69, 9.17) is 9.73 Å². The first-order valence-electron chi connectivity index (χ1n) is 11.1. The number of para-hydroxylation sites is 1. The summed E-state index contributed by atoms with van der Waals surface area (Å²) in [4.78, 5) is 17.9. The highest BCUT2D eigenvalue weighted by Gasteiger charge is 2.22. The molecule has 6 heteroatoms. The van der Waals surface area contributed by atoms with E-state index in [1.165, 1.54) is 44.1 Å². The Morgan fingerprint density at radius 3 is 2.71 bits per heavy atom. The van der Waals surface area contributed by atoms with Gasteiger partial charge in [-0.25, -0.2) is 4.99 Å². The number of hydrogen-bond acceptors (Lipinski definition) is 4. The molecule has 2 aliphatic rings. The molecule has 5 nitrogen and oxygen atoms in total. The Morgan fingerprint density at radius 1 is 1.10 bits per heavy atom. The number of fused-ring (bicyclic) bond motifs is 1. The molecule has 2 aromatic carbocycles. The number of carbonyl (C=O) groups is 1. The number of thiazole rings is 1. The number of aromatic nitrogens is 1. The van der Waals surface area contributed by atoms with Crippen LogP contribution in [0, 0.1) is 6.92 Å². The number of rotatable bonds is 3. The molecule has 1 amide bonds. The number of nitrogens with zero attached hydrogens (tertiary/aromatic N) is 2. The van der Waals surface area contributed by atoms with Crippen LogP contribution in [0.2, 0.25) is 0 Å². The van der Waals surface area contributed by atoms with Crippen molar-refractivity contribution in [2.24, 2.45) is 4.99 Å². The van der Waals surface area contributed by atoms with Gasteiger partial charge in [-0.15, -0.1) is 11.3 Å². The Labute approximate surface area is 186 Å². The number of benzene rings is 2. The number of amides is 1. The lowest BCUT2D eigenvalue weighted by atomic mass is 10.1. The quantitative estimate of drug-likeness (QED) is 0.516. The van der Waals surface area contributed by atoms with Crippen molar-refractivity contribution in [2.75, 3.05) is 11.9 Å². The van der Waals surface area contributed by atoms with E-state index in [0.717, 1.165) is 33.2 Å². The maximum absolute atomic E-state index is 11.8. The number of hydrogen-bond donors (Lipinski definition) is 1. The molecule has 0 bridgehead atoms. The highest BCUT2D eigenvalue weighted by molar-refractivity contribution is 7.07. The van der Waals surface area contributed by atoms with Crippen LogP contribution in [0.3, 0.4) is 0 Å². The van der Waals surface area contributed by atoms with Crippen molar-refractivity contribution in [3.8, 4) is 17.0 Å². The van der Waals surface area contributed by atoms with Gasteiger partial charge in [0.15, 0.2) is 11.4 Å². The Bertz CT molecular complexity index is 1170. The van der Waals surface area contributed by atoms with E-state index in [2.05, 4.69) is 46.5 Å². The molecule has 1 aliphatic heterocycles. The summed E-state index contributed by atoms with van der Waals surface area (Å²) in [5.74, 6) is 0.617. The van der Waals surface area contributed by atoms with Gasteiger partial charge in [0.25, 0.3) is 5.91 Å². The summed E-state index contributed by atoms with van der Waals surface area (Å²) >= 11 is 1.69. The smallest absolute Gasteiger partial charge is 0.262 e. The zero-order valence-electron chi connectivity index (χ0n) is 17.8. The molecule has 0 atom stereocenters. The Morgan fingerprint density at radius 2 is 1.90 bits per heavy atom. The largest absolute Gasteiger partial charge is 0.482 e. The van der Waals surface area contributed by atoms with Crippen LogP contribution in [0.5, 0.6) is 5.75 Å². The standard InChI is InChI=1S/C25H27N3O2S/c1-17-8-6-7-11-20(17)27-25-28(19-9-4-2-3-5-10-19)22(16-31-25)18-12-13-23-21(14-18)26-24(29)15-30-23/h6-8,11-14,16,19H,2-5,9-10,15H2,1H3,(H,26,29). The lowest BCUT2D eigenvalue weighted by molar-refractivity contribution is -0.118. The van der Waals surface area contributed by atoms with E-state index in [0.29, 0.717) is 6.04 Å². The van der Waals surface area contributed by atoms with Crippen molar-refractivity contribution in [3.63, 3.8) is 0 Å². The van der Waals surface area contributed by atoms with Gasteiger partial charge in [-0.1, -0.05) is 43.9 Å². The summed E-state index contributed by atoms with van der Waals surface area (Å²) in [5.41, 5.74) is 5.18. The topological polar surface area (TPSA) is 55.6 Å². The third-order valence-electron chi connectivity index (χ3n) is 6.17. The molecule has 1 N–H and O–H groups in total. The number of aryl methyl sites for hydroxylation is 1. The van der Waals surface area contributed by atoms with E-state index in [1.807, 2.05) is 18.2 Å². The van der Waals surface area contributed by atoms with Gasteiger partial charge in [-0.05, 0) is 49.6 Å². The highest BCUT2D eigenvalue weighted by atomic mass is 32.1. The first kappa shape index (κ1) is 20.1. The maximum Gasteiger partial charge on any atom is 0.262 e. The van der Waals surface area contributed by atoms with Gasteiger partial charge < -0.3 is 14.6 Å². The lowest BCUT2D eigenvalue weighted by Gasteiger charge is -2.22. The van der Waals surface area contributed by atoms with Crippen LogP contribution in [-0.4, -0.2) is 17.1 Å². The average molecular weight is 434 g/mol. The number of carbonyl (C=O) groups excluding carboxylic acids is 1. The Balaban J connectivity index is 1.64. The third-order valence-corrected chi connectivity index (χ3v) is 7.01. The van der Waals surface area contributed by atoms with Crippen LogP contribution < -0.4 is 14.9 Å². The molecule has 5 rings (SSSR count). The van der Waals surface area contributed by atoms with Crippen molar-refractivity contribution in [3.05, 3.63) is 58.2 Å². The summed E-state index contributed by atoms with van der Waals surface area (Å²) in [5, 5.41) is 5.14. The fourth-order valence-corrected chi connectivity index (χ4v) is 5.49. The second-order valence-corrected chi connectivity index (χ2v) is 9.20. The first-order chi connectivity index (χ1) is 15.2. The molecule has 0 radical (unpaired) electrons. The molecule has 2 heterocycles. The van der Waals surface area contributed by atoms with Gasteiger partial charge in [0.2, 0.25) is 0 Å². The van der Waals surface area contributed by atoms with Crippen LogP contribution in [-0.2, 0) is 4.79 Å². The molecule has 0 spiro atoms. The normalized spacial score (nSPS) is 17.6. The monoisotopic (exact) mass is 433 g/mol. The fraction of sp³-hybridized carbons (Fsp3) is 0.360. The minimum atomic E-state index is -0.109. The summed E-state index contributed by atoms with van der Waals surface area (Å²) < 4.78 is 7.99. The van der Waals surface area contributed by atoms with Crippen molar-refractivity contribution >= 4 is 28.6 Å². The molecular weight excluding hydrogens is 406 g/mol. The predicted molar refractivity (Wildman–Crippen MR) is 125 cm³/mol.